The second-order valence-electron chi connectivity index (χ2n) is 5.46. The molecule has 0 aliphatic rings. The fraction of sp³-hybridized carbons (Fsp3) is 0.647. The Labute approximate surface area is 113 Å². The van der Waals surface area contributed by atoms with E-state index in [2.05, 4.69) is 57.3 Å². The SMILES string of the molecule is CCCC(C)C(CNCC)Cc1ccccc1C. The first kappa shape index (κ1) is 15.2. The highest BCUT2D eigenvalue weighted by atomic mass is 14.8. The summed E-state index contributed by atoms with van der Waals surface area (Å²) in [6.45, 7) is 11.3. The van der Waals surface area contributed by atoms with E-state index in [9.17, 15) is 0 Å². The molecule has 0 spiro atoms. The highest BCUT2D eigenvalue weighted by molar-refractivity contribution is 5.26. The lowest BCUT2D eigenvalue weighted by Crippen LogP contribution is -2.29. The summed E-state index contributed by atoms with van der Waals surface area (Å²) in [5.74, 6) is 1.56. The molecule has 1 rings (SSSR count). The minimum atomic E-state index is 0.756. The van der Waals surface area contributed by atoms with Crippen molar-refractivity contribution in [3.8, 4) is 0 Å². The van der Waals surface area contributed by atoms with Crippen LogP contribution in [0.3, 0.4) is 0 Å². The van der Waals surface area contributed by atoms with E-state index < -0.39 is 0 Å². The van der Waals surface area contributed by atoms with Crippen LogP contribution < -0.4 is 5.32 Å². The molecule has 1 aromatic rings. The zero-order valence-electron chi connectivity index (χ0n) is 12.5. The van der Waals surface area contributed by atoms with E-state index in [-0.39, 0.29) is 0 Å². The van der Waals surface area contributed by atoms with Gasteiger partial charge in [-0.05, 0) is 49.4 Å². The second-order valence-corrected chi connectivity index (χ2v) is 5.46. The predicted molar refractivity (Wildman–Crippen MR) is 81.0 cm³/mol. The third-order valence-corrected chi connectivity index (χ3v) is 3.95. The quantitative estimate of drug-likeness (QED) is 0.726. The Hall–Kier alpha value is -0.820. The third-order valence-electron chi connectivity index (χ3n) is 3.95. The summed E-state index contributed by atoms with van der Waals surface area (Å²) in [5, 5.41) is 3.53. The van der Waals surface area contributed by atoms with Crippen LogP contribution in [0.4, 0.5) is 0 Å². The van der Waals surface area contributed by atoms with Crippen LogP contribution >= 0.6 is 0 Å². The molecule has 1 nitrogen and oxygen atoms in total. The summed E-state index contributed by atoms with van der Waals surface area (Å²) < 4.78 is 0. The van der Waals surface area contributed by atoms with Gasteiger partial charge in [-0.2, -0.15) is 0 Å². The van der Waals surface area contributed by atoms with Crippen molar-refractivity contribution in [3.05, 3.63) is 35.4 Å². The summed E-state index contributed by atoms with van der Waals surface area (Å²) >= 11 is 0. The number of nitrogens with one attached hydrogen (secondary N) is 1. The van der Waals surface area contributed by atoms with Gasteiger partial charge in [-0.3, -0.25) is 0 Å². The van der Waals surface area contributed by atoms with Gasteiger partial charge in [-0.1, -0.05) is 57.9 Å². The van der Waals surface area contributed by atoms with Gasteiger partial charge in [0, 0.05) is 0 Å². The molecule has 2 unspecified atom stereocenters. The van der Waals surface area contributed by atoms with Gasteiger partial charge in [-0.15, -0.1) is 0 Å². The van der Waals surface area contributed by atoms with E-state index >= 15 is 0 Å². The fourth-order valence-electron chi connectivity index (χ4n) is 2.62. The molecule has 18 heavy (non-hydrogen) atoms. The van der Waals surface area contributed by atoms with E-state index in [1.807, 2.05) is 0 Å². The van der Waals surface area contributed by atoms with Gasteiger partial charge < -0.3 is 5.32 Å². The molecule has 0 heterocycles. The molecule has 1 aromatic carbocycles. The smallest absolute Gasteiger partial charge is 0.00149 e. The van der Waals surface area contributed by atoms with E-state index in [0.717, 1.165) is 24.9 Å². The van der Waals surface area contributed by atoms with Crippen molar-refractivity contribution in [1.82, 2.24) is 5.32 Å². The average molecular weight is 247 g/mol. The number of benzene rings is 1. The number of rotatable bonds is 8. The third kappa shape index (κ3) is 4.81. The highest BCUT2D eigenvalue weighted by Crippen LogP contribution is 2.22. The zero-order valence-corrected chi connectivity index (χ0v) is 12.5. The molecule has 0 saturated heterocycles. The molecule has 0 radical (unpaired) electrons. The molecule has 0 aromatic heterocycles. The lowest BCUT2D eigenvalue weighted by molar-refractivity contribution is 0.320. The molecule has 0 fully saturated rings. The number of aryl methyl sites for hydroxylation is 1. The molecular weight excluding hydrogens is 218 g/mol. The molecule has 0 bridgehead atoms. The minimum absolute atomic E-state index is 0.756. The average Bonchev–Trinajstić information content (AvgIpc) is 2.36. The Morgan fingerprint density at radius 3 is 2.50 bits per heavy atom. The van der Waals surface area contributed by atoms with E-state index in [0.29, 0.717) is 0 Å². The van der Waals surface area contributed by atoms with Crippen LogP contribution in [0.1, 0.15) is 44.7 Å². The summed E-state index contributed by atoms with van der Waals surface area (Å²) in [6.07, 6.45) is 3.83. The molecule has 1 heteroatoms. The first-order valence-electron chi connectivity index (χ1n) is 7.44. The lowest BCUT2D eigenvalue weighted by Gasteiger charge is -2.25. The number of hydrogen-bond donors (Lipinski definition) is 1. The molecule has 2 atom stereocenters. The van der Waals surface area contributed by atoms with Crippen LogP contribution in [-0.2, 0) is 6.42 Å². The maximum absolute atomic E-state index is 3.53. The largest absolute Gasteiger partial charge is 0.317 e. The van der Waals surface area contributed by atoms with Crippen LogP contribution in [0.15, 0.2) is 24.3 Å². The topological polar surface area (TPSA) is 12.0 Å². The van der Waals surface area contributed by atoms with Crippen LogP contribution in [0.25, 0.3) is 0 Å². The molecule has 102 valence electrons. The first-order chi connectivity index (χ1) is 8.69. The first-order valence-corrected chi connectivity index (χ1v) is 7.44. The molecule has 0 amide bonds. The van der Waals surface area contributed by atoms with E-state index in [1.165, 1.54) is 30.4 Å². The van der Waals surface area contributed by atoms with Crippen molar-refractivity contribution < 1.29 is 0 Å². The second kappa shape index (κ2) is 8.31. The normalized spacial score (nSPS) is 14.4. The summed E-state index contributed by atoms with van der Waals surface area (Å²) in [5.41, 5.74) is 2.95. The Bertz CT molecular complexity index is 332. The van der Waals surface area contributed by atoms with Crippen molar-refractivity contribution in [2.75, 3.05) is 13.1 Å². The van der Waals surface area contributed by atoms with Crippen LogP contribution in [-0.4, -0.2) is 13.1 Å². The zero-order chi connectivity index (χ0) is 13.4. The molecular formula is C17H29N. The Morgan fingerprint density at radius 2 is 1.89 bits per heavy atom. The Morgan fingerprint density at radius 1 is 1.17 bits per heavy atom. The molecule has 0 saturated carbocycles. The van der Waals surface area contributed by atoms with Gasteiger partial charge >= 0.3 is 0 Å². The van der Waals surface area contributed by atoms with Crippen LogP contribution in [0.5, 0.6) is 0 Å². The molecule has 0 aliphatic carbocycles. The van der Waals surface area contributed by atoms with Crippen molar-refractivity contribution in [2.24, 2.45) is 11.8 Å². The van der Waals surface area contributed by atoms with Gasteiger partial charge in [0.25, 0.3) is 0 Å². The standard InChI is InChI=1S/C17H29N/c1-5-9-14(3)17(13-18-6-2)12-16-11-8-7-10-15(16)4/h7-8,10-11,14,17-18H,5-6,9,12-13H2,1-4H3. The van der Waals surface area contributed by atoms with Crippen molar-refractivity contribution >= 4 is 0 Å². The maximum Gasteiger partial charge on any atom is -0.00149 e. The van der Waals surface area contributed by atoms with E-state index in [4.69, 9.17) is 0 Å². The van der Waals surface area contributed by atoms with Crippen molar-refractivity contribution in [2.45, 2.75) is 47.0 Å². The van der Waals surface area contributed by atoms with Crippen molar-refractivity contribution in [3.63, 3.8) is 0 Å². The van der Waals surface area contributed by atoms with Gasteiger partial charge in [0.1, 0.15) is 0 Å². The van der Waals surface area contributed by atoms with Crippen LogP contribution in [0, 0.1) is 18.8 Å². The molecule has 1 N–H and O–H groups in total. The minimum Gasteiger partial charge on any atom is -0.317 e. The summed E-state index contributed by atoms with van der Waals surface area (Å²) in [4.78, 5) is 0. The van der Waals surface area contributed by atoms with Gasteiger partial charge in [0.2, 0.25) is 0 Å². The monoisotopic (exact) mass is 247 g/mol. The summed E-state index contributed by atoms with van der Waals surface area (Å²) in [6, 6.07) is 8.81. The Balaban J connectivity index is 2.68. The van der Waals surface area contributed by atoms with Gasteiger partial charge in [0.15, 0.2) is 0 Å². The maximum atomic E-state index is 3.53. The lowest BCUT2D eigenvalue weighted by atomic mass is 9.84. The van der Waals surface area contributed by atoms with Crippen molar-refractivity contribution in [1.29, 1.82) is 0 Å². The Kier molecular flexibility index (Phi) is 7.04. The highest BCUT2D eigenvalue weighted by Gasteiger charge is 2.17. The van der Waals surface area contributed by atoms with E-state index in [1.54, 1.807) is 0 Å². The molecule has 0 aliphatic heterocycles. The summed E-state index contributed by atoms with van der Waals surface area (Å²) in [7, 11) is 0. The fourth-order valence-corrected chi connectivity index (χ4v) is 2.62. The van der Waals surface area contributed by atoms with Crippen LogP contribution in [0.2, 0.25) is 0 Å². The predicted octanol–water partition coefficient (Wildman–Crippen LogP) is 4.20. The number of hydrogen-bond acceptors (Lipinski definition) is 1. The van der Waals surface area contributed by atoms with Gasteiger partial charge in [0.05, 0.1) is 0 Å². The van der Waals surface area contributed by atoms with Gasteiger partial charge in [-0.25, -0.2) is 0 Å².